The van der Waals surface area contributed by atoms with Gasteiger partial charge in [-0.25, -0.2) is 0 Å². The summed E-state index contributed by atoms with van der Waals surface area (Å²) >= 11 is 0. The number of amides is 1. The Labute approximate surface area is 131 Å². The van der Waals surface area contributed by atoms with Crippen LogP contribution >= 0.6 is 0 Å². The van der Waals surface area contributed by atoms with Gasteiger partial charge in [-0.3, -0.25) is 19.7 Å². The van der Waals surface area contributed by atoms with Crippen LogP contribution in [-0.2, 0) is 11.3 Å². The highest BCUT2D eigenvalue weighted by Crippen LogP contribution is 2.15. The molecule has 0 atom stereocenters. The second-order valence-corrected chi connectivity index (χ2v) is 4.59. The average molecular weight is 317 g/mol. The summed E-state index contributed by atoms with van der Waals surface area (Å²) in [7, 11) is 0. The monoisotopic (exact) mass is 317 g/mol. The highest BCUT2D eigenvalue weighted by atomic mass is 16.6. The van der Waals surface area contributed by atoms with Gasteiger partial charge in [0.05, 0.1) is 11.5 Å². The Kier molecular flexibility index (Phi) is 5.08. The zero-order valence-corrected chi connectivity index (χ0v) is 12.4. The van der Waals surface area contributed by atoms with Gasteiger partial charge in [0.25, 0.3) is 11.2 Å². The second-order valence-electron chi connectivity index (χ2n) is 4.59. The molecule has 0 aliphatic heterocycles. The Morgan fingerprint density at radius 2 is 2.00 bits per heavy atom. The normalized spacial score (nSPS) is 10.1. The van der Waals surface area contributed by atoms with Gasteiger partial charge in [0.15, 0.2) is 5.75 Å². The van der Waals surface area contributed by atoms with E-state index in [0.29, 0.717) is 12.3 Å². The number of rotatable bonds is 6. The summed E-state index contributed by atoms with van der Waals surface area (Å²) in [4.78, 5) is 34.1. The fourth-order valence-electron chi connectivity index (χ4n) is 1.93. The number of benzene rings is 1. The number of hydrogen-bond donors (Lipinski definition) is 1. The summed E-state index contributed by atoms with van der Waals surface area (Å²) in [6.45, 7) is 1.93. The van der Waals surface area contributed by atoms with Crippen molar-refractivity contribution in [3.05, 3.63) is 63.1 Å². The predicted octanol–water partition coefficient (Wildman–Crippen LogP) is 1.79. The first-order chi connectivity index (χ1) is 11.0. The molecular weight excluding hydrogens is 302 g/mol. The minimum Gasteiger partial charge on any atom is -0.488 e. The molecule has 0 spiro atoms. The maximum atomic E-state index is 12.0. The molecule has 2 aromatic rings. The molecule has 120 valence electrons. The zero-order valence-electron chi connectivity index (χ0n) is 12.4. The maximum absolute atomic E-state index is 12.0. The van der Waals surface area contributed by atoms with Crippen molar-refractivity contribution >= 4 is 17.3 Å². The zero-order chi connectivity index (χ0) is 16.8. The Bertz CT molecular complexity index is 767. The molecule has 0 aliphatic rings. The third kappa shape index (κ3) is 4.16. The van der Waals surface area contributed by atoms with Gasteiger partial charge in [-0.2, -0.15) is 0 Å². The lowest BCUT2D eigenvalue weighted by atomic mass is 10.3. The van der Waals surface area contributed by atoms with Crippen molar-refractivity contribution in [2.75, 3.05) is 11.9 Å². The molecule has 0 fully saturated rings. The highest BCUT2D eigenvalue weighted by Gasteiger charge is 2.09. The molecule has 23 heavy (non-hydrogen) atoms. The van der Waals surface area contributed by atoms with Crippen molar-refractivity contribution < 1.29 is 14.5 Å². The smallest absolute Gasteiger partial charge is 0.293 e. The number of hydrogen-bond acceptors (Lipinski definition) is 5. The van der Waals surface area contributed by atoms with Gasteiger partial charge >= 0.3 is 0 Å². The summed E-state index contributed by atoms with van der Waals surface area (Å²) in [6, 6.07) is 8.59. The lowest BCUT2D eigenvalue weighted by Crippen LogP contribution is -2.27. The quantitative estimate of drug-likeness (QED) is 0.646. The van der Waals surface area contributed by atoms with Gasteiger partial charge in [-0.15, -0.1) is 0 Å². The molecule has 1 amide bonds. The predicted molar refractivity (Wildman–Crippen MR) is 83.6 cm³/mol. The number of carbonyl (C=O) groups is 1. The number of nitro benzene ring substituents is 1. The van der Waals surface area contributed by atoms with Gasteiger partial charge in [-0.05, 0) is 31.2 Å². The second kappa shape index (κ2) is 7.21. The summed E-state index contributed by atoms with van der Waals surface area (Å²) in [6.07, 6.45) is 1.49. The minimum absolute atomic E-state index is 0.0661. The van der Waals surface area contributed by atoms with Gasteiger partial charge in [0.1, 0.15) is 6.54 Å². The van der Waals surface area contributed by atoms with E-state index in [1.54, 1.807) is 13.0 Å². The SMILES string of the molecule is CCOc1cccn(CC(=O)Nc2ccc([N+](=O)[O-])cc2)c1=O. The summed E-state index contributed by atoms with van der Waals surface area (Å²) < 4.78 is 6.41. The van der Waals surface area contributed by atoms with E-state index < -0.39 is 16.4 Å². The third-order valence-electron chi connectivity index (χ3n) is 2.96. The van der Waals surface area contributed by atoms with E-state index in [-0.39, 0.29) is 18.0 Å². The van der Waals surface area contributed by atoms with Crippen molar-refractivity contribution in [2.24, 2.45) is 0 Å². The molecule has 1 aromatic carbocycles. The van der Waals surface area contributed by atoms with Crippen LogP contribution < -0.4 is 15.6 Å². The first kappa shape index (κ1) is 16.2. The molecule has 0 radical (unpaired) electrons. The molecule has 1 N–H and O–H groups in total. The lowest BCUT2D eigenvalue weighted by molar-refractivity contribution is -0.384. The molecular formula is C15H15N3O5. The summed E-state index contributed by atoms with van der Waals surface area (Å²) in [5.41, 5.74) is -0.0496. The number of anilines is 1. The number of non-ortho nitro benzene ring substituents is 1. The van der Waals surface area contributed by atoms with Gasteiger partial charge in [0.2, 0.25) is 5.91 Å². The Morgan fingerprint density at radius 3 is 2.61 bits per heavy atom. The van der Waals surface area contributed by atoms with E-state index in [4.69, 9.17) is 4.74 Å². The first-order valence-corrected chi connectivity index (χ1v) is 6.88. The number of nitro groups is 1. The van der Waals surface area contributed by atoms with E-state index in [0.717, 1.165) is 0 Å². The van der Waals surface area contributed by atoms with Crippen LogP contribution in [0.1, 0.15) is 6.92 Å². The van der Waals surface area contributed by atoms with Crippen molar-refractivity contribution in [3.8, 4) is 5.75 Å². The fraction of sp³-hybridized carbons (Fsp3) is 0.200. The molecule has 8 nitrogen and oxygen atoms in total. The van der Waals surface area contributed by atoms with Crippen LogP contribution in [0.5, 0.6) is 5.75 Å². The van der Waals surface area contributed by atoms with Crippen LogP contribution in [-0.4, -0.2) is 22.0 Å². The number of ether oxygens (including phenoxy) is 1. The third-order valence-corrected chi connectivity index (χ3v) is 2.96. The molecule has 0 saturated heterocycles. The molecule has 0 aliphatic carbocycles. The van der Waals surface area contributed by atoms with Crippen molar-refractivity contribution in [1.29, 1.82) is 0 Å². The van der Waals surface area contributed by atoms with Crippen LogP contribution in [0.25, 0.3) is 0 Å². The molecule has 0 unspecified atom stereocenters. The number of carbonyl (C=O) groups excluding carboxylic acids is 1. The molecule has 0 bridgehead atoms. The van der Waals surface area contributed by atoms with Crippen LogP contribution in [0.4, 0.5) is 11.4 Å². The summed E-state index contributed by atoms with van der Waals surface area (Å²) in [5, 5.41) is 13.1. The molecule has 1 heterocycles. The van der Waals surface area contributed by atoms with Crippen LogP contribution in [0, 0.1) is 10.1 Å². The van der Waals surface area contributed by atoms with E-state index in [2.05, 4.69) is 5.32 Å². The topological polar surface area (TPSA) is 103 Å². The molecule has 1 aromatic heterocycles. The van der Waals surface area contributed by atoms with Gasteiger partial charge in [0, 0.05) is 24.0 Å². The summed E-state index contributed by atoms with van der Waals surface area (Å²) in [5.74, 6) is -0.243. The number of aromatic nitrogens is 1. The Balaban J connectivity index is 2.06. The lowest BCUT2D eigenvalue weighted by Gasteiger charge is -2.09. The Hall–Kier alpha value is -3.16. The average Bonchev–Trinajstić information content (AvgIpc) is 2.52. The first-order valence-electron chi connectivity index (χ1n) is 6.88. The van der Waals surface area contributed by atoms with Gasteiger partial charge in [-0.1, -0.05) is 0 Å². The molecule has 2 rings (SSSR count). The van der Waals surface area contributed by atoms with E-state index >= 15 is 0 Å². The maximum Gasteiger partial charge on any atom is 0.293 e. The minimum atomic E-state index is -0.523. The van der Waals surface area contributed by atoms with Gasteiger partial charge < -0.3 is 14.6 Å². The highest BCUT2D eigenvalue weighted by molar-refractivity contribution is 5.90. The van der Waals surface area contributed by atoms with Crippen molar-refractivity contribution in [2.45, 2.75) is 13.5 Å². The van der Waals surface area contributed by atoms with E-state index in [1.165, 1.54) is 41.1 Å². The fourth-order valence-corrected chi connectivity index (χ4v) is 1.93. The van der Waals surface area contributed by atoms with Crippen molar-refractivity contribution in [1.82, 2.24) is 4.57 Å². The van der Waals surface area contributed by atoms with Crippen LogP contribution in [0.2, 0.25) is 0 Å². The van der Waals surface area contributed by atoms with Crippen LogP contribution in [0.3, 0.4) is 0 Å². The van der Waals surface area contributed by atoms with Crippen molar-refractivity contribution in [3.63, 3.8) is 0 Å². The number of pyridine rings is 1. The molecule has 0 saturated carbocycles. The van der Waals surface area contributed by atoms with E-state index in [9.17, 15) is 19.7 Å². The Morgan fingerprint density at radius 1 is 1.30 bits per heavy atom. The number of nitrogens with one attached hydrogen (secondary N) is 1. The molecule has 8 heteroatoms. The van der Waals surface area contributed by atoms with E-state index in [1.807, 2.05) is 0 Å². The number of nitrogens with zero attached hydrogens (tertiary/aromatic N) is 2. The largest absolute Gasteiger partial charge is 0.488 e. The van der Waals surface area contributed by atoms with Crippen LogP contribution in [0.15, 0.2) is 47.4 Å². The standard InChI is InChI=1S/C15H15N3O5/c1-2-23-13-4-3-9-17(15(13)20)10-14(19)16-11-5-7-12(8-6-11)18(21)22/h3-9H,2,10H2,1H3,(H,16,19).